The highest BCUT2D eigenvalue weighted by Crippen LogP contribution is 2.01. The van der Waals surface area contributed by atoms with Gasteiger partial charge < -0.3 is 10.4 Å². The Kier molecular flexibility index (Phi) is 4.71. The fourth-order valence-electron chi connectivity index (χ4n) is 1.13. The molecule has 1 aromatic rings. The van der Waals surface area contributed by atoms with Crippen LogP contribution in [-0.2, 0) is 13.1 Å². The molecule has 0 fully saturated rings. The van der Waals surface area contributed by atoms with Crippen LogP contribution in [0, 0.1) is 5.92 Å². The average Bonchev–Trinajstić information content (AvgIpc) is 2.62. The molecule has 0 saturated heterocycles. The zero-order valence-corrected chi connectivity index (χ0v) is 9.64. The van der Waals surface area contributed by atoms with Crippen LogP contribution in [0.25, 0.3) is 0 Å². The van der Waals surface area contributed by atoms with E-state index in [0.717, 1.165) is 12.2 Å². The topological polar surface area (TPSA) is 63.0 Å². The number of hydrogen-bond donors (Lipinski definition) is 2. The van der Waals surface area contributed by atoms with E-state index in [1.165, 1.54) is 0 Å². The number of aromatic nitrogens is 3. The minimum Gasteiger partial charge on any atom is -0.394 e. The van der Waals surface area contributed by atoms with Crippen LogP contribution in [0.4, 0.5) is 0 Å². The summed E-state index contributed by atoms with van der Waals surface area (Å²) in [7, 11) is 0. The molecule has 1 unspecified atom stereocenters. The summed E-state index contributed by atoms with van der Waals surface area (Å²) in [5, 5.41) is 20.0. The van der Waals surface area contributed by atoms with Gasteiger partial charge in [0.25, 0.3) is 0 Å². The second-order valence-corrected chi connectivity index (χ2v) is 4.11. The van der Waals surface area contributed by atoms with Gasteiger partial charge in [0.15, 0.2) is 0 Å². The normalized spacial score (nSPS) is 13.4. The van der Waals surface area contributed by atoms with Gasteiger partial charge in [-0.2, -0.15) is 0 Å². The first-order chi connectivity index (χ1) is 7.13. The molecule has 0 amide bonds. The summed E-state index contributed by atoms with van der Waals surface area (Å²) in [4.78, 5) is 0. The Morgan fingerprint density at radius 1 is 1.47 bits per heavy atom. The minimum absolute atomic E-state index is 0.0959. The number of nitrogens with one attached hydrogen (secondary N) is 1. The molecule has 0 saturated carbocycles. The molecule has 0 aliphatic heterocycles. The summed E-state index contributed by atoms with van der Waals surface area (Å²) in [6.45, 7) is 7.85. The summed E-state index contributed by atoms with van der Waals surface area (Å²) in [6, 6.07) is 0.466. The summed E-state index contributed by atoms with van der Waals surface area (Å²) in [5.74, 6) is 0.609. The Morgan fingerprint density at radius 3 is 2.80 bits per heavy atom. The Balaban J connectivity index is 2.37. The van der Waals surface area contributed by atoms with Crippen molar-refractivity contribution < 1.29 is 5.11 Å². The second-order valence-electron chi connectivity index (χ2n) is 4.11. The van der Waals surface area contributed by atoms with E-state index in [9.17, 15) is 0 Å². The Labute approximate surface area is 90.5 Å². The Hall–Kier alpha value is -0.940. The van der Waals surface area contributed by atoms with Crippen LogP contribution < -0.4 is 5.32 Å². The van der Waals surface area contributed by atoms with E-state index in [1.54, 1.807) is 4.68 Å². The highest BCUT2D eigenvalue weighted by atomic mass is 16.3. The van der Waals surface area contributed by atoms with Crippen LogP contribution in [0.5, 0.6) is 0 Å². The van der Waals surface area contributed by atoms with Gasteiger partial charge in [0, 0.05) is 18.8 Å². The number of aliphatic hydroxyl groups is 1. The first-order valence-corrected chi connectivity index (χ1v) is 5.36. The standard InChI is InChI=1S/C10H20N4O/c1-8(2)9(3)11-6-10-7-14(4-5-15)13-12-10/h7-9,11,15H,4-6H2,1-3H3. The highest BCUT2D eigenvalue weighted by molar-refractivity contribution is 4.92. The maximum atomic E-state index is 8.72. The number of rotatable bonds is 6. The Morgan fingerprint density at radius 2 is 2.20 bits per heavy atom. The number of aliphatic hydroxyl groups excluding tert-OH is 1. The van der Waals surface area contributed by atoms with Crippen molar-refractivity contribution in [3.8, 4) is 0 Å². The lowest BCUT2D eigenvalue weighted by atomic mass is 10.1. The molecule has 1 heterocycles. The summed E-state index contributed by atoms with van der Waals surface area (Å²) < 4.78 is 1.65. The molecule has 0 bridgehead atoms. The monoisotopic (exact) mass is 212 g/mol. The van der Waals surface area contributed by atoms with E-state index in [4.69, 9.17) is 5.11 Å². The fourth-order valence-corrected chi connectivity index (χ4v) is 1.13. The van der Waals surface area contributed by atoms with E-state index in [0.29, 0.717) is 18.5 Å². The van der Waals surface area contributed by atoms with E-state index in [2.05, 4.69) is 36.4 Å². The molecular formula is C10H20N4O. The Bertz CT molecular complexity index is 285. The number of nitrogens with zero attached hydrogens (tertiary/aromatic N) is 3. The molecule has 0 aromatic carbocycles. The van der Waals surface area contributed by atoms with Crippen molar-refractivity contribution in [1.29, 1.82) is 0 Å². The van der Waals surface area contributed by atoms with Crippen molar-refractivity contribution >= 4 is 0 Å². The van der Waals surface area contributed by atoms with Gasteiger partial charge in [0.05, 0.1) is 18.8 Å². The van der Waals surface area contributed by atoms with Crippen molar-refractivity contribution in [2.75, 3.05) is 6.61 Å². The van der Waals surface area contributed by atoms with Gasteiger partial charge in [-0.15, -0.1) is 5.10 Å². The summed E-state index contributed by atoms with van der Waals surface area (Å²) >= 11 is 0. The third-order valence-electron chi connectivity index (χ3n) is 2.52. The van der Waals surface area contributed by atoms with Crippen LogP contribution in [-0.4, -0.2) is 32.7 Å². The maximum Gasteiger partial charge on any atom is 0.0964 e. The van der Waals surface area contributed by atoms with E-state index in [1.807, 2.05) is 6.20 Å². The van der Waals surface area contributed by atoms with E-state index >= 15 is 0 Å². The van der Waals surface area contributed by atoms with Crippen molar-refractivity contribution in [3.63, 3.8) is 0 Å². The first kappa shape index (κ1) is 12.1. The van der Waals surface area contributed by atoms with Gasteiger partial charge in [-0.3, -0.25) is 0 Å². The molecule has 5 heteroatoms. The maximum absolute atomic E-state index is 8.72. The zero-order valence-electron chi connectivity index (χ0n) is 9.64. The quantitative estimate of drug-likeness (QED) is 0.716. The molecule has 1 atom stereocenters. The molecule has 0 aliphatic rings. The molecule has 0 radical (unpaired) electrons. The van der Waals surface area contributed by atoms with Crippen LogP contribution in [0.2, 0.25) is 0 Å². The van der Waals surface area contributed by atoms with Crippen molar-refractivity contribution in [3.05, 3.63) is 11.9 Å². The molecule has 0 aliphatic carbocycles. The van der Waals surface area contributed by atoms with Crippen molar-refractivity contribution in [1.82, 2.24) is 20.3 Å². The minimum atomic E-state index is 0.0959. The molecule has 5 nitrogen and oxygen atoms in total. The predicted octanol–water partition coefficient (Wildman–Crippen LogP) is 0.404. The van der Waals surface area contributed by atoms with Gasteiger partial charge in [-0.1, -0.05) is 19.1 Å². The van der Waals surface area contributed by atoms with Gasteiger partial charge in [-0.05, 0) is 12.8 Å². The lowest BCUT2D eigenvalue weighted by Gasteiger charge is -2.16. The molecule has 2 N–H and O–H groups in total. The zero-order chi connectivity index (χ0) is 11.3. The van der Waals surface area contributed by atoms with Crippen LogP contribution >= 0.6 is 0 Å². The average molecular weight is 212 g/mol. The molecular weight excluding hydrogens is 192 g/mol. The molecule has 86 valence electrons. The molecule has 1 rings (SSSR count). The molecule has 0 spiro atoms. The largest absolute Gasteiger partial charge is 0.394 e. The fraction of sp³-hybridized carbons (Fsp3) is 0.800. The van der Waals surface area contributed by atoms with Gasteiger partial charge in [-0.25, -0.2) is 4.68 Å². The SMILES string of the molecule is CC(C)C(C)NCc1cn(CCO)nn1. The van der Waals surface area contributed by atoms with Gasteiger partial charge >= 0.3 is 0 Å². The second kappa shape index (κ2) is 5.82. The van der Waals surface area contributed by atoms with Crippen LogP contribution in [0.1, 0.15) is 26.5 Å². The van der Waals surface area contributed by atoms with Gasteiger partial charge in [0.2, 0.25) is 0 Å². The van der Waals surface area contributed by atoms with Crippen molar-refractivity contribution in [2.45, 2.75) is 39.9 Å². The summed E-state index contributed by atoms with van der Waals surface area (Å²) in [5.41, 5.74) is 0.913. The third kappa shape index (κ3) is 3.97. The lowest BCUT2D eigenvalue weighted by molar-refractivity contribution is 0.268. The van der Waals surface area contributed by atoms with E-state index in [-0.39, 0.29) is 6.61 Å². The van der Waals surface area contributed by atoms with Crippen LogP contribution in [0.3, 0.4) is 0 Å². The number of hydrogen-bond acceptors (Lipinski definition) is 4. The predicted molar refractivity (Wildman–Crippen MR) is 58.2 cm³/mol. The molecule has 15 heavy (non-hydrogen) atoms. The highest BCUT2D eigenvalue weighted by Gasteiger charge is 2.07. The smallest absolute Gasteiger partial charge is 0.0964 e. The summed E-state index contributed by atoms with van der Waals surface area (Å²) in [6.07, 6.45) is 1.86. The van der Waals surface area contributed by atoms with Crippen molar-refractivity contribution in [2.24, 2.45) is 5.92 Å². The van der Waals surface area contributed by atoms with Crippen LogP contribution in [0.15, 0.2) is 6.20 Å². The third-order valence-corrected chi connectivity index (χ3v) is 2.52. The molecule has 1 aromatic heterocycles. The lowest BCUT2D eigenvalue weighted by Crippen LogP contribution is -2.30. The first-order valence-electron chi connectivity index (χ1n) is 5.36. The van der Waals surface area contributed by atoms with E-state index < -0.39 is 0 Å². The van der Waals surface area contributed by atoms with Gasteiger partial charge in [0.1, 0.15) is 0 Å².